The Labute approximate surface area is 173 Å². The van der Waals surface area contributed by atoms with Crippen LogP contribution in [0.15, 0.2) is 40.8 Å². The molecule has 30 heavy (non-hydrogen) atoms. The predicted molar refractivity (Wildman–Crippen MR) is 111 cm³/mol. The van der Waals surface area contributed by atoms with Gasteiger partial charge in [-0.3, -0.25) is 9.59 Å². The maximum absolute atomic E-state index is 14.1. The average Bonchev–Trinajstić information content (AvgIpc) is 3.16. The molecule has 7 heteroatoms. The highest BCUT2D eigenvalue weighted by molar-refractivity contribution is 5.93. The molecule has 4 rings (SSSR count). The van der Waals surface area contributed by atoms with E-state index in [-0.39, 0.29) is 23.3 Å². The van der Waals surface area contributed by atoms with Crippen molar-refractivity contribution in [3.63, 3.8) is 0 Å². The summed E-state index contributed by atoms with van der Waals surface area (Å²) in [5.74, 6) is -0.407. The van der Waals surface area contributed by atoms with Gasteiger partial charge >= 0.3 is 0 Å². The number of primary amides is 1. The number of halogens is 1. The minimum absolute atomic E-state index is 0.00571. The molecule has 0 aliphatic carbocycles. The van der Waals surface area contributed by atoms with E-state index in [0.717, 1.165) is 18.4 Å². The molecule has 2 amide bonds. The van der Waals surface area contributed by atoms with E-state index in [4.69, 9.17) is 10.2 Å². The van der Waals surface area contributed by atoms with Crippen molar-refractivity contribution in [2.24, 2.45) is 11.7 Å². The second-order valence-electron chi connectivity index (χ2n) is 8.05. The lowest BCUT2D eigenvalue weighted by atomic mass is 9.96. The van der Waals surface area contributed by atoms with Crippen molar-refractivity contribution in [2.75, 3.05) is 13.1 Å². The minimum atomic E-state index is -0.795. The normalized spacial score (nSPS) is 15.1. The highest BCUT2D eigenvalue weighted by Gasteiger charge is 2.28. The molecule has 1 saturated heterocycles. The first-order valence-electron chi connectivity index (χ1n) is 10.1. The van der Waals surface area contributed by atoms with E-state index in [0.29, 0.717) is 35.6 Å². The Bertz CT molecular complexity index is 1110. The van der Waals surface area contributed by atoms with Crippen LogP contribution in [0.4, 0.5) is 4.39 Å². The van der Waals surface area contributed by atoms with Crippen LogP contribution in [0.25, 0.3) is 22.2 Å². The highest BCUT2D eigenvalue weighted by atomic mass is 19.1. The molecule has 0 bridgehead atoms. The molecule has 1 aliphatic heterocycles. The maximum Gasteiger partial charge on any atom is 0.251 e. The van der Waals surface area contributed by atoms with Crippen LogP contribution in [0, 0.1) is 11.7 Å². The molecule has 3 aromatic rings. The fraction of sp³-hybridized carbons (Fsp3) is 0.348. The van der Waals surface area contributed by atoms with Gasteiger partial charge in [0.05, 0.1) is 5.56 Å². The van der Waals surface area contributed by atoms with Gasteiger partial charge in [-0.1, -0.05) is 26.0 Å². The third kappa shape index (κ3) is 3.79. The van der Waals surface area contributed by atoms with Crippen molar-refractivity contribution in [1.29, 1.82) is 0 Å². The van der Waals surface area contributed by atoms with Crippen molar-refractivity contribution >= 4 is 22.9 Å². The number of oxazole rings is 1. The Kier molecular flexibility index (Phi) is 5.28. The number of nitrogens with two attached hydrogens (primary N) is 1. The molecular formula is C23H24FN3O3. The lowest BCUT2D eigenvalue weighted by Gasteiger charge is -2.31. The zero-order chi connectivity index (χ0) is 21.4. The maximum atomic E-state index is 14.1. The molecule has 0 atom stereocenters. The highest BCUT2D eigenvalue weighted by Crippen LogP contribution is 2.32. The van der Waals surface area contributed by atoms with Gasteiger partial charge in [-0.05, 0) is 48.2 Å². The minimum Gasteiger partial charge on any atom is -0.440 e. The third-order valence-corrected chi connectivity index (χ3v) is 5.62. The summed E-state index contributed by atoms with van der Waals surface area (Å²) >= 11 is 0. The monoisotopic (exact) mass is 409 g/mol. The van der Waals surface area contributed by atoms with Gasteiger partial charge in [0.15, 0.2) is 11.5 Å². The van der Waals surface area contributed by atoms with E-state index in [9.17, 15) is 14.0 Å². The summed E-state index contributed by atoms with van der Waals surface area (Å²) in [4.78, 5) is 30.0. The number of carbonyl (C=O) groups excluding carboxylic acids is 2. The Hall–Kier alpha value is -3.22. The topological polar surface area (TPSA) is 89.4 Å². The van der Waals surface area contributed by atoms with Gasteiger partial charge in [0.2, 0.25) is 5.91 Å². The Morgan fingerprint density at radius 3 is 2.43 bits per heavy atom. The van der Waals surface area contributed by atoms with Crippen molar-refractivity contribution in [3.8, 4) is 11.1 Å². The zero-order valence-corrected chi connectivity index (χ0v) is 17.0. The number of benzene rings is 2. The summed E-state index contributed by atoms with van der Waals surface area (Å²) in [6, 6.07) is 9.84. The van der Waals surface area contributed by atoms with Crippen LogP contribution < -0.4 is 5.73 Å². The van der Waals surface area contributed by atoms with E-state index < -0.39 is 11.7 Å². The van der Waals surface area contributed by atoms with Gasteiger partial charge in [0.1, 0.15) is 11.3 Å². The van der Waals surface area contributed by atoms with Crippen molar-refractivity contribution in [3.05, 3.63) is 53.7 Å². The largest absolute Gasteiger partial charge is 0.440 e. The van der Waals surface area contributed by atoms with Crippen LogP contribution in [-0.4, -0.2) is 34.8 Å². The SMILES string of the molecule is CC(C)C(=O)N1CCC(c2nc3cc(-c4ccc(C(N)=O)c(F)c4)ccc3o2)CC1. The Balaban J connectivity index is 1.54. The lowest BCUT2D eigenvalue weighted by Crippen LogP contribution is -2.40. The first-order chi connectivity index (χ1) is 14.3. The molecule has 1 aromatic heterocycles. The summed E-state index contributed by atoms with van der Waals surface area (Å²) in [6.45, 7) is 5.24. The molecule has 1 aliphatic rings. The molecule has 2 aromatic carbocycles. The number of nitrogens with zero attached hydrogens (tertiary/aromatic N) is 2. The second kappa shape index (κ2) is 7.89. The number of hydrogen-bond acceptors (Lipinski definition) is 4. The molecule has 0 saturated carbocycles. The molecular weight excluding hydrogens is 385 g/mol. The summed E-state index contributed by atoms with van der Waals surface area (Å²) in [7, 11) is 0. The van der Waals surface area contributed by atoms with E-state index in [2.05, 4.69) is 4.98 Å². The molecule has 0 unspecified atom stereocenters. The van der Waals surface area contributed by atoms with Gasteiger partial charge in [-0.15, -0.1) is 0 Å². The number of aromatic nitrogens is 1. The van der Waals surface area contributed by atoms with Crippen LogP contribution in [-0.2, 0) is 4.79 Å². The quantitative estimate of drug-likeness (QED) is 0.703. The molecule has 0 spiro atoms. The van der Waals surface area contributed by atoms with Gasteiger partial charge in [-0.25, -0.2) is 9.37 Å². The van der Waals surface area contributed by atoms with Crippen LogP contribution in [0.5, 0.6) is 0 Å². The van der Waals surface area contributed by atoms with Gasteiger partial charge in [0, 0.05) is 24.9 Å². The number of piperidine rings is 1. The van der Waals surface area contributed by atoms with E-state index >= 15 is 0 Å². The molecule has 2 N–H and O–H groups in total. The predicted octanol–water partition coefficient (Wildman–Crippen LogP) is 4.09. The van der Waals surface area contributed by atoms with Crippen molar-refractivity contribution < 1.29 is 18.4 Å². The Morgan fingerprint density at radius 1 is 1.13 bits per heavy atom. The van der Waals surface area contributed by atoms with Crippen LogP contribution in [0.1, 0.15) is 48.9 Å². The number of fused-ring (bicyclic) bond motifs is 1. The van der Waals surface area contributed by atoms with Crippen molar-refractivity contribution in [2.45, 2.75) is 32.6 Å². The van der Waals surface area contributed by atoms with Crippen LogP contribution in [0.2, 0.25) is 0 Å². The smallest absolute Gasteiger partial charge is 0.251 e. The summed E-state index contributed by atoms with van der Waals surface area (Å²) in [5, 5.41) is 0. The number of amides is 2. The molecule has 0 radical (unpaired) electrons. The average molecular weight is 409 g/mol. The van der Waals surface area contributed by atoms with Gasteiger partial charge in [-0.2, -0.15) is 0 Å². The molecule has 6 nitrogen and oxygen atoms in total. The molecule has 1 fully saturated rings. The van der Waals surface area contributed by atoms with E-state index in [1.165, 1.54) is 12.1 Å². The molecule has 156 valence electrons. The number of likely N-dealkylation sites (tertiary alicyclic amines) is 1. The van der Waals surface area contributed by atoms with Crippen LogP contribution in [0.3, 0.4) is 0 Å². The summed E-state index contributed by atoms with van der Waals surface area (Å²) < 4.78 is 20.1. The summed E-state index contributed by atoms with van der Waals surface area (Å²) in [5.41, 5.74) is 7.80. The van der Waals surface area contributed by atoms with E-state index in [1.807, 2.05) is 36.9 Å². The lowest BCUT2D eigenvalue weighted by molar-refractivity contribution is -0.135. The fourth-order valence-electron chi connectivity index (χ4n) is 3.91. The first-order valence-corrected chi connectivity index (χ1v) is 10.1. The van der Waals surface area contributed by atoms with Gasteiger partial charge < -0.3 is 15.1 Å². The fourth-order valence-corrected chi connectivity index (χ4v) is 3.91. The third-order valence-electron chi connectivity index (χ3n) is 5.62. The number of hydrogen-bond donors (Lipinski definition) is 1. The number of carbonyl (C=O) groups is 2. The summed E-state index contributed by atoms with van der Waals surface area (Å²) in [6.07, 6.45) is 1.63. The van der Waals surface area contributed by atoms with Crippen LogP contribution >= 0.6 is 0 Å². The Morgan fingerprint density at radius 2 is 1.80 bits per heavy atom. The standard InChI is InChI=1S/C23H24FN3O3/c1-13(2)23(29)27-9-7-14(8-10-27)22-26-19-12-16(4-6-20(19)30-22)15-3-5-17(21(25)28)18(24)11-15/h3-6,11-14H,7-10H2,1-2H3,(H2,25,28). The van der Waals surface area contributed by atoms with Gasteiger partial charge in [0.25, 0.3) is 5.91 Å². The first kappa shape index (κ1) is 20.1. The second-order valence-corrected chi connectivity index (χ2v) is 8.05. The molecule has 2 heterocycles. The number of rotatable bonds is 4. The zero-order valence-electron chi connectivity index (χ0n) is 17.0. The van der Waals surface area contributed by atoms with Crippen molar-refractivity contribution in [1.82, 2.24) is 9.88 Å². The van der Waals surface area contributed by atoms with E-state index in [1.54, 1.807) is 6.07 Å².